The van der Waals surface area contributed by atoms with Crippen molar-refractivity contribution in [1.82, 2.24) is 14.9 Å². The summed E-state index contributed by atoms with van der Waals surface area (Å²) in [5.41, 5.74) is 0. The van der Waals surface area contributed by atoms with Crippen LogP contribution in [-0.2, 0) is 6.54 Å². The molecule has 2 aromatic rings. The van der Waals surface area contributed by atoms with Crippen molar-refractivity contribution in [2.75, 3.05) is 25.5 Å². The lowest BCUT2D eigenvalue weighted by Crippen LogP contribution is -2.21. The molecule has 0 saturated heterocycles. The summed E-state index contributed by atoms with van der Waals surface area (Å²) < 4.78 is 0. The second kappa shape index (κ2) is 8.29. The fourth-order valence-electron chi connectivity index (χ4n) is 2.30. The van der Waals surface area contributed by atoms with Crippen molar-refractivity contribution in [1.29, 1.82) is 0 Å². The number of nitrogens with one attached hydrogen (secondary N) is 1. The molecule has 0 saturated carbocycles. The van der Waals surface area contributed by atoms with Gasteiger partial charge >= 0.3 is 0 Å². The van der Waals surface area contributed by atoms with E-state index in [0.29, 0.717) is 0 Å². The minimum atomic E-state index is 0.818. The first kappa shape index (κ1) is 16.2. The van der Waals surface area contributed by atoms with Crippen molar-refractivity contribution in [3.8, 4) is 0 Å². The molecule has 2 aromatic heterocycles. The lowest BCUT2D eigenvalue weighted by Gasteiger charge is -2.16. The van der Waals surface area contributed by atoms with E-state index in [0.717, 1.165) is 47.9 Å². The Kier molecular flexibility index (Phi) is 6.39. The van der Waals surface area contributed by atoms with E-state index in [1.165, 1.54) is 19.3 Å². The third kappa shape index (κ3) is 4.64. The van der Waals surface area contributed by atoms with E-state index in [1.54, 1.807) is 11.3 Å². The fourth-order valence-corrected chi connectivity index (χ4v) is 3.08. The molecule has 1 N–H and O–H groups in total. The van der Waals surface area contributed by atoms with Crippen LogP contribution in [0.25, 0.3) is 10.2 Å². The summed E-state index contributed by atoms with van der Waals surface area (Å²) in [6.45, 7) is 7.28. The molecule has 0 aliphatic rings. The molecule has 0 aromatic carbocycles. The molecule has 0 radical (unpaired) electrons. The lowest BCUT2D eigenvalue weighted by molar-refractivity contribution is 0.311. The molecule has 2 heterocycles. The summed E-state index contributed by atoms with van der Waals surface area (Å²) >= 11 is 1.69. The molecule has 4 nitrogen and oxygen atoms in total. The van der Waals surface area contributed by atoms with Crippen LogP contribution < -0.4 is 5.32 Å². The SMILES string of the molecule is CCCCCN(C)Cc1nc(NCCC)c2ccsc2n1. The molecule has 0 unspecified atom stereocenters. The maximum Gasteiger partial charge on any atom is 0.146 e. The van der Waals surface area contributed by atoms with Gasteiger partial charge in [-0.25, -0.2) is 9.97 Å². The number of fused-ring (bicyclic) bond motifs is 1. The maximum atomic E-state index is 4.72. The van der Waals surface area contributed by atoms with Crippen molar-refractivity contribution in [3.05, 3.63) is 17.3 Å². The summed E-state index contributed by atoms with van der Waals surface area (Å²) in [7, 11) is 2.15. The van der Waals surface area contributed by atoms with Gasteiger partial charge in [0.2, 0.25) is 0 Å². The van der Waals surface area contributed by atoms with Gasteiger partial charge in [-0.3, -0.25) is 4.90 Å². The Morgan fingerprint density at radius 2 is 2.05 bits per heavy atom. The van der Waals surface area contributed by atoms with Crippen LogP contribution in [-0.4, -0.2) is 35.0 Å². The number of hydrogen-bond donors (Lipinski definition) is 1. The van der Waals surface area contributed by atoms with E-state index >= 15 is 0 Å². The van der Waals surface area contributed by atoms with Gasteiger partial charge < -0.3 is 5.32 Å². The van der Waals surface area contributed by atoms with Crippen LogP contribution >= 0.6 is 11.3 Å². The summed E-state index contributed by atoms with van der Waals surface area (Å²) in [5.74, 6) is 1.91. The van der Waals surface area contributed by atoms with E-state index in [-0.39, 0.29) is 0 Å². The van der Waals surface area contributed by atoms with E-state index in [1.807, 2.05) is 0 Å². The molecule has 0 atom stereocenters. The van der Waals surface area contributed by atoms with Crippen LogP contribution in [0.1, 0.15) is 45.4 Å². The van der Waals surface area contributed by atoms with Gasteiger partial charge in [0.05, 0.1) is 11.9 Å². The second-order valence-corrected chi connectivity index (χ2v) is 6.39. The number of nitrogens with zero attached hydrogens (tertiary/aromatic N) is 3. The first-order valence-corrected chi connectivity index (χ1v) is 8.79. The molecule has 116 valence electrons. The van der Waals surface area contributed by atoms with Gasteiger partial charge in [0, 0.05) is 6.54 Å². The van der Waals surface area contributed by atoms with Gasteiger partial charge in [-0.15, -0.1) is 11.3 Å². The average molecular weight is 306 g/mol. The lowest BCUT2D eigenvalue weighted by atomic mass is 10.2. The normalized spacial score (nSPS) is 11.4. The molecular weight excluding hydrogens is 280 g/mol. The molecule has 0 bridgehead atoms. The molecule has 0 fully saturated rings. The summed E-state index contributed by atoms with van der Waals surface area (Å²) in [6.07, 6.45) is 4.89. The number of rotatable bonds is 9. The fraction of sp³-hybridized carbons (Fsp3) is 0.625. The van der Waals surface area contributed by atoms with Gasteiger partial charge in [0.15, 0.2) is 0 Å². The minimum Gasteiger partial charge on any atom is -0.369 e. The Bertz CT molecular complexity index is 552. The van der Waals surface area contributed by atoms with Crippen LogP contribution in [0, 0.1) is 0 Å². The zero-order valence-corrected chi connectivity index (χ0v) is 14.2. The van der Waals surface area contributed by atoms with Crippen LogP contribution in [0.3, 0.4) is 0 Å². The summed E-state index contributed by atoms with van der Waals surface area (Å²) in [4.78, 5) is 12.8. The average Bonchev–Trinajstić information content (AvgIpc) is 2.93. The van der Waals surface area contributed by atoms with Gasteiger partial charge in [-0.1, -0.05) is 26.7 Å². The van der Waals surface area contributed by atoms with Crippen molar-refractivity contribution >= 4 is 27.4 Å². The highest BCUT2D eigenvalue weighted by Crippen LogP contribution is 2.25. The number of unbranched alkanes of at least 4 members (excludes halogenated alkanes) is 2. The highest BCUT2D eigenvalue weighted by atomic mass is 32.1. The Labute approximate surface area is 131 Å². The van der Waals surface area contributed by atoms with Gasteiger partial charge in [0.25, 0.3) is 0 Å². The van der Waals surface area contributed by atoms with Crippen molar-refractivity contribution in [2.45, 2.75) is 46.1 Å². The molecule has 0 amide bonds. The van der Waals surface area contributed by atoms with E-state index in [4.69, 9.17) is 9.97 Å². The largest absolute Gasteiger partial charge is 0.369 e. The number of anilines is 1. The van der Waals surface area contributed by atoms with E-state index in [9.17, 15) is 0 Å². The number of thiophene rings is 1. The van der Waals surface area contributed by atoms with E-state index in [2.05, 4.69) is 42.6 Å². The zero-order valence-electron chi connectivity index (χ0n) is 13.4. The van der Waals surface area contributed by atoms with Crippen molar-refractivity contribution < 1.29 is 0 Å². The quantitative estimate of drug-likeness (QED) is 0.707. The number of hydrogen-bond acceptors (Lipinski definition) is 5. The van der Waals surface area contributed by atoms with Crippen molar-refractivity contribution in [2.24, 2.45) is 0 Å². The Hall–Kier alpha value is -1.20. The monoisotopic (exact) mass is 306 g/mol. The first-order chi connectivity index (χ1) is 10.2. The van der Waals surface area contributed by atoms with Crippen LogP contribution in [0.4, 0.5) is 5.82 Å². The molecule has 21 heavy (non-hydrogen) atoms. The van der Waals surface area contributed by atoms with Gasteiger partial charge in [-0.05, 0) is 37.9 Å². The summed E-state index contributed by atoms with van der Waals surface area (Å²) in [5, 5.41) is 6.66. The number of aromatic nitrogens is 2. The van der Waals surface area contributed by atoms with Crippen LogP contribution in [0.2, 0.25) is 0 Å². The second-order valence-electron chi connectivity index (χ2n) is 5.50. The Morgan fingerprint density at radius 1 is 1.19 bits per heavy atom. The Morgan fingerprint density at radius 3 is 2.81 bits per heavy atom. The molecule has 0 spiro atoms. The molecular formula is C16H26N4S. The van der Waals surface area contributed by atoms with Crippen LogP contribution in [0.15, 0.2) is 11.4 Å². The van der Waals surface area contributed by atoms with Crippen LogP contribution in [0.5, 0.6) is 0 Å². The predicted octanol–water partition coefficient (Wildman–Crippen LogP) is 4.14. The molecule has 2 rings (SSSR count). The Balaban J connectivity index is 2.08. The van der Waals surface area contributed by atoms with E-state index < -0.39 is 0 Å². The third-order valence-electron chi connectivity index (χ3n) is 3.47. The molecule has 0 aliphatic heterocycles. The minimum absolute atomic E-state index is 0.818. The maximum absolute atomic E-state index is 4.72. The summed E-state index contributed by atoms with van der Waals surface area (Å²) in [6, 6.07) is 2.10. The molecule has 5 heteroatoms. The van der Waals surface area contributed by atoms with Gasteiger partial charge in [-0.2, -0.15) is 0 Å². The highest BCUT2D eigenvalue weighted by molar-refractivity contribution is 7.16. The third-order valence-corrected chi connectivity index (χ3v) is 4.28. The first-order valence-electron chi connectivity index (χ1n) is 7.91. The smallest absolute Gasteiger partial charge is 0.146 e. The predicted molar refractivity (Wildman–Crippen MR) is 92.1 cm³/mol. The highest BCUT2D eigenvalue weighted by Gasteiger charge is 2.10. The zero-order chi connectivity index (χ0) is 15.1. The topological polar surface area (TPSA) is 41.1 Å². The van der Waals surface area contributed by atoms with Gasteiger partial charge in [0.1, 0.15) is 16.5 Å². The molecule has 0 aliphatic carbocycles. The standard InChI is InChI=1S/C16H26N4S/c1-4-6-7-10-20(3)12-14-18-15(17-9-5-2)13-8-11-21-16(13)19-14/h8,11H,4-7,9-10,12H2,1-3H3,(H,17,18,19). The van der Waals surface area contributed by atoms with Crippen molar-refractivity contribution in [3.63, 3.8) is 0 Å².